The zero-order valence-corrected chi connectivity index (χ0v) is 12.7. The van der Waals surface area contributed by atoms with E-state index >= 15 is 0 Å². The first-order valence-corrected chi connectivity index (χ1v) is 7.05. The molecule has 0 saturated carbocycles. The smallest absolute Gasteiger partial charge is 0.417 e. The molecule has 3 aromatic rings. The van der Waals surface area contributed by atoms with Gasteiger partial charge in [-0.05, 0) is 30.3 Å². The molecule has 2 heterocycles. The molecule has 10 heteroatoms. The number of rotatable bonds is 4. The fraction of sp³-hybridized carbons (Fsp3) is 0.0625. The van der Waals surface area contributed by atoms with Gasteiger partial charge < -0.3 is 9.47 Å². The van der Waals surface area contributed by atoms with Crippen molar-refractivity contribution >= 4 is 0 Å². The number of aromatic amines is 1. The third-order valence-corrected chi connectivity index (χ3v) is 3.06. The molecule has 0 saturated heterocycles. The van der Waals surface area contributed by atoms with E-state index in [1.54, 1.807) is 0 Å². The van der Waals surface area contributed by atoms with Crippen LogP contribution in [-0.2, 0) is 6.18 Å². The molecule has 0 amide bonds. The third kappa shape index (κ3) is 4.15. The van der Waals surface area contributed by atoms with E-state index in [0.29, 0.717) is 6.20 Å². The average Bonchev–Trinajstić information content (AvgIpc) is 2.59. The zero-order valence-electron chi connectivity index (χ0n) is 12.7. The number of aromatic nitrogens is 3. The van der Waals surface area contributed by atoms with E-state index in [9.17, 15) is 22.4 Å². The van der Waals surface area contributed by atoms with E-state index in [1.807, 2.05) is 0 Å². The Morgan fingerprint density at radius 2 is 1.54 bits per heavy atom. The summed E-state index contributed by atoms with van der Waals surface area (Å²) in [6.07, 6.45) is -3.09. The van der Waals surface area contributed by atoms with E-state index in [0.717, 1.165) is 18.3 Å². The molecule has 0 aliphatic heterocycles. The van der Waals surface area contributed by atoms with Crippen molar-refractivity contribution in [2.24, 2.45) is 0 Å². The fourth-order valence-electron chi connectivity index (χ4n) is 1.86. The van der Waals surface area contributed by atoms with Gasteiger partial charge in [0.25, 0.3) is 0 Å². The number of ether oxygens (including phenoxy) is 2. The molecule has 0 bridgehead atoms. The molecule has 0 radical (unpaired) electrons. The summed E-state index contributed by atoms with van der Waals surface area (Å²) in [7, 11) is 0. The molecule has 0 aliphatic rings. The topological polar surface area (TPSA) is 77.1 Å². The molecular formula is C16H9F4N3O3. The first kappa shape index (κ1) is 17.4. The average molecular weight is 367 g/mol. The Labute approximate surface area is 143 Å². The van der Waals surface area contributed by atoms with Crippen molar-refractivity contribution in [3.8, 4) is 23.3 Å². The van der Waals surface area contributed by atoms with Gasteiger partial charge in [-0.15, -0.1) is 0 Å². The minimum atomic E-state index is -4.48. The maximum absolute atomic E-state index is 13.5. The lowest BCUT2D eigenvalue weighted by atomic mass is 10.3. The van der Waals surface area contributed by atoms with Gasteiger partial charge in [0.05, 0.1) is 11.8 Å². The predicted octanol–water partition coefficient (Wildman–Crippen LogP) is 3.91. The van der Waals surface area contributed by atoms with Crippen LogP contribution in [0.5, 0.6) is 23.3 Å². The predicted molar refractivity (Wildman–Crippen MR) is 80.6 cm³/mol. The molecule has 0 fully saturated rings. The Kier molecular flexibility index (Phi) is 4.57. The van der Waals surface area contributed by atoms with Crippen molar-refractivity contribution in [2.45, 2.75) is 6.18 Å². The first-order chi connectivity index (χ1) is 12.3. The van der Waals surface area contributed by atoms with Crippen LogP contribution < -0.4 is 15.2 Å². The van der Waals surface area contributed by atoms with Gasteiger partial charge in [0.1, 0.15) is 11.5 Å². The summed E-state index contributed by atoms with van der Waals surface area (Å²) < 4.78 is 61.4. The van der Waals surface area contributed by atoms with Gasteiger partial charge in [-0.2, -0.15) is 22.5 Å². The molecule has 0 unspecified atom stereocenters. The number of hydrogen-bond acceptors (Lipinski definition) is 5. The number of alkyl halides is 3. The van der Waals surface area contributed by atoms with Crippen LogP contribution in [0, 0.1) is 5.82 Å². The van der Waals surface area contributed by atoms with Crippen molar-refractivity contribution in [3.63, 3.8) is 0 Å². The monoisotopic (exact) mass is 367 g/mol. The number of nitrogens with one attached hydrogen (secondary N) is 1. The van der Waals surface area contributed by atoms with Gasteiger partial charge >= 0.3 is 11.9 Å². The van der Waals surface area contributed by atoms with Crippen LogP contribution in [0.2, 0.25) is 0 Å². The summed E-state index contributed by atoms with van der Waals surface area (Å²) in [6, 6.07) is 7.64. The summed E-state index contributed by atoms with van der Waals surface area (Å²) in [5.74, 6) is -0.815. The summed E-state index contributed by atoms with van der Waals surface area (Å²) in [4.78, 5) is 19.9. The van der Waals surface area contributed by atoms with Crippen molar-refractivity contribution in [1.82, 2.24) is 15.0 Å². The van der Waals surface area contributed by atoms with Crippen LogP contribution in [0.15, 0.2) is 53.6 Å². The third-order valence-electron chi connectivity index (χ3n) is 3.06. The quantitative estimate of drug-likeness (QED) is 0.708. The summed E-state index contributed by atoms with van der Waals surface area (Å²) in [5.41, 5.74) is -1.66. The molecule has 0 spiro atoms. The number of benzene rings is 1. The standard InChI is InChI=1S/C16H9F4N3O3/c17-12-8-22-15(24)23-14(12)26-11-4-2-10(3-5-11)25-13-6-1-9(7-21-13)16(18,19)20/h1-8H,(H,22,23,24). The van der Waals surface area contributed by atoms with Crippen LogP contribution in [0.25, 0.3) is 0 Å². The molecular weight excluding hydrogens is 358 g/mol. The van der Waals surface area contributed by atoms with Gasteiger partial charge in [0.15, 0.2) is 0 Å². The molecule has 0 atom stereocenters. The highest BCUT2D eigenvalue weighted by molar-refractivity contribution is 5.35. The van der Waals surface area contributed by atoms with Crippen molar-refractivity contribution in [2.75, 3.05) is 0 Å². The van der Waals surface area contributed by atoms with Crippen LogP contribution in [-0.4, -0.2) is 15.0 Å². The maximum atomic E-state index is 13.5. The number of pyridine rings is 1. The molecule has 26 heavy (non-hydrogen) atoms. The second kappa shape index (κ2) is 6.82. The molecule has 3 rings (SSSR count). The van der Waals surface area contributed by atoms with Crippen LogP contribution in [0.1, 0.15) is 5.56 Å². The van der Waals surface area contributed by atoms with Crippen molar-refractivity contribution in [1.29, 1.82) is 0 Å². The van der Waals surface area contributed by atoms with Crippen LogP contribution >= 0.6 is 0 Å². The van der Waals surface area contributed by atoms with Crippen molar-refractivity contribution < 1.29 is 27.0 Å². The van der Waals surface area contributed by atoms with Crippen LogP contribution in [0.4, 0.5) is 17.6 Å². The largest absolute Gasteiger partial charge is 0.439 e. The maximum Gasteiger partial charge on any atom is 0.417 e. The number of nitrogens with zero attached hydrogens (tertiary/aromatic N) is 2. The van der Waals surface area contributed by atoms with E-state index in [1.165, 1.54) is 24.3 Å². The molecule has 134 valence electrons. The zero-order chi connectivity index (χ0) is 18.7. The first-order valence-electron chi connectivity index (χ1n) is 7.05. The highest BCUT2D eigenvalue weighted by Gasteiger charge is 2.30. The molecule has 6 nitrogen and oxygen atoms in total. The Hall–Kier alpha value is -3.43. The minimum Gasteiger partial charge on any atom is -0.439 e. The molecule has 1 N–H and O–H groups in total. The van der Waals surface area contributed by atoms with Gasteiger partial charge in [-0.25, -0.2) is 9.78 Å². The number of hydrogen-bond donors (Lipinski definition) is 1. The lowest BCUT2D eigenvalue weighted by molar-refractivity contribution is -0.137. The van der Waals surface area contributed by atoms with Crippen molar-refractivity contribution in [3.05, 3.63) is 70.7 Å². The second-order valence-corrected chi connectivity index (χ2v) is 4.92. The molecule has 1 aromatic carbocycles. The SMILES string of the molecule is O=c1ncc(F)c(Oc2ccc(Oc3ccc(C(F)(F)F)cn3)cc2)[nH]1. The van der Waals surface area contributed by atoms with Crippen LogP contribution in [0.3, 0.4) is 0 Å². The normalized spacial score (nSPS) is 11.2. The summed E-state index contributed by atoms with van der Waals surface area (Å²) in [5, 5.41) is 0. The lowest BCUT2D eigenvalue weighted by Crippen LogP contribution is -2.11. The Balaban J connectivity index is 1.70. The van der Waals surface area contributed by atoms with E-state index < -0.39 is 29.1 Å². The molecule has 2 aromatic heterocycles. The summed E-state index contributed by atoms with van der Waals surface area (Å²) >= 11 is 0. The Morgan fingerprint density at radius 3 is 2.12 bits per heavy atom. The molecule has 0 aliphatic carbocycles. The van der Waals surface area contributed by atoms with E-state index in [-0.39, 0.29) is 17.4 Å². The van der Waals surface area contributed by atoms with Gasteiger partial charge in [0.2, 0.25) is 17.6 Å². The van der Waals surface area contributed by atoms with Gasteiger partial charge in [0, 0.05) is 12.3 Å². The highest BCUT2D eigenvalue weighted by Crippen LogP contribution is 2.30. The van der Waals surface area contributed by atoms with Gasteiger partial charge in [-0.3, -0.25) is 4.98 Å². The highest BCUT2D eigenvalue weighted by atomic mass is 19.4. The van der Waals surface area contributed by atoms with E-state index in [4.69, 9.17) is 9.47 Å². The minimum absolute atomic E-state index is 0.0313. The Morgan fingerprint density at radius 1 is 0.885 bits per heavy atom. The Bertz CT molecular complexity index is 954. The summed E-state index contributed by atoms with van der Waals surface area (Å²) in [6.45, 7) is 0. The van der Waals surface area contributed by atoms with E-state index in [2.05, 4.69) is 15.0 Å². The number of halogens is 4. The second-order valence-electron chi connectivity index (χ2n) is 4.92. The number of H-pyrrole nitrogens is 1. The fourth-order valence-corrected chi connectivity index (χ4v) is 1.86. The lowest BCUT2D eigenvalue weighted by Gasteiger charge is -2.09. The van der Waals surface area contributed by atoms with Gasteiger partial charge in [-0.1, -0.05) is 0 Å².